The number of allylic oxidation sites excluding steroid dienone is 1. The van der Waals surface area contributed by atoms with Crippen molar-refractivity contribution in [3.05, 3.63) is 24.3 Å². The number of hydrogen-bond acceptors (Lipinski definition) is 4. The van der Waals surface area contributed by atoms with Crippen molar-refractivity contribution in [2.75, 3.05) is 13.2 Å². The van der Waals surface area contributed by atoms with Gasteiger partial charge in [-0.1, -0.05) is 57.3 Å². The molecule has 1 aliphatic heterocycles. The zero-order valence-electron chi connectivity index (χ0n) is 17.2. The summed E-state index contributed by atoms with van der Waals surface area (Å²) in [4.78, 5) is 11.5. The van der Waals surface area contributed by atoms with E-state index in [9.17, 15) is 4.79 Å². The molecule has 0 aromatic heterocycles. The van der Waals surface area contributed by atoms with Gasteiger partial charge in [0.1, 0.15) is 5.60 Å². The van der Waals surface area contributed by atoms with Crippen LogP contribution in [-0.4, -0.2) is 30.6 Å². The molecule has 1 atom stereocenters. The van der Waals surface area contributed by atoms with E-state index < -0.39 is 11.4 Å². The topological polar surface area (TPSA) is 44.8 Å². The molecule has 1 heterocycles. The highest BCUT2D eigenvalue weighted by atomic mass is 16.8. The summed E-state index contributed by atoms with van der Waals surface area (Å²) in [6.07, 6.45) is 18.2. The number of carbonyl (C=O) groups excluding carboxylic acids is 1. The molecule has 150 valence electrons. The standard InChI is InChI=1S/C22H38O4/c1-5-7-8-9-10-11-12-13-14-17-22(19-25-21(3,4)26-22)18-15-16-20(23)24-6-2/h13-16H,5-12,17-19H2,1-4H3/b14-13-,16-15+/t22-/m1/s1. The second-order valence-electron chi connectivity index (χ2n) is 7.56. The number of rotatable bonds is 13. The molecule has 0 N–H and O–H groups in total. The van der Waals surface area contributed by atoms with Crippen LogP contribution < -0.4 is 0 Å². The molecule has 0 saturated carbocycles. The van der Waals surface area contributed by atoms with E-state index >= 15 is 0 Å². The highest BCUT2D eigenvalue weighted by Crippen LogP contribution is 2.36. The van der Waals surface area contributed by atoms with E-state index in [1.165, 1.54) is 44.6 Å². The first kappa shape index (κ1) is 22.9. The summed E-state index contributed by atoms with van der Waals surface area (Å²) in [5, 5.41) is 0. The van der Waals surface area contributed by atoms with Crippen molar-refractivity contribution in [3.63, 3.8) is 0 Å². The molecule has 0 aromatic rings. The molecule has 0 aliphatic carbocycles. The molecule has 1 aliphatic rings. The van der Waals surface area contributed by atoms with Gasteiger partial charge in [-0.3, -0.25) is 0 Å². The summed E-state index contributed by atoms with van der Waals surface area (Å²) in [5.74, 6) is -0.885. The van der Waals surface area contributed by atoms with Crippen molar-refractivity contribution >= 4 is 5.97 Å². The minimum Gasteiger partial charge on any atom is -0.463 e. The lowest BCUT2D eigenvalue weighted by atomic mass is 9.95. The summed E-state index contributed by atoms with van der Waals surface area (Å²) < 4.78 is 16.9. The van der Waals surface area contributed by atoms with Crippen LogP contribution in [0.5, 0.6) is 0 Å². The molecular weight excluding hydrogens is 328 g/mol. The van der Waals surface area contributed by atoms with Gasteiger partial charge in [0.2, 0.25) is 0 Å². The minimum absolute atomic E-state index is 0.306. The summed E-state index contributed by atoms with van der Waals surface area (Å²) in [5.41, 5.74) is -0.399. The predicted octanol–water partition coefficient (Wildman–Crippen LogP) is 5.71. The molecule has 0 bridgehead atoms. The highest BCUT2D eigenvalue weighted by molar-refractivity contribution is 5.81. The maximum Gasteiger partial charge on any atom is 0.330 e. The predicted molar refractivity (Wildman–Crippen MR) is 106 cm³/mol. The summed E-state index contributed by atoms with van der Waals surface area (Å²) in [6.45, 7) is 8.85. The maximum atomic E-state index is 11.5. The number of ether oxygens (including phenoxy) is 3. The Kier molecular flexibility index (Phi) is 10.8. The van der Waals surface area contributed by atoms with Gasteiger partial charge in [0.25, 0.3) is 0 Å². The molecule has 0 amide bonds. The van der Waals surface area contributed by atoms with Crippen LogP contribution in [-0.2, 0) is 19.0 Å². The molecule has 1 saturated heterocycles. The third-order valence-electron chi connectivity index (χ3n) is 4.56. The molecule has 1 rings (SSSR count). The van der Waals surface area contributed by atoms with E-state index in [2.05, 4.69) is 19.1 Å². The average molecular weight is 367 g/mol. The van der Waals surface area contributed by atoms with Gasteiger partial charge >= 0.3 is 5.97 Å². The van der Waals surface area contributed by atoms with Crippen molar-refractivity contribution in [1.29, 1.82) is 0 Å². The molecule has 0 aromatic carbocycles. The largest absolute Gasteiger partial charge is 0.463 e. The van der Waals surface area contributed by atoms with Crippen molar-refractivity contribution in [3.8, 4) is 0 Å². The Morgan fingerprint density at radius 2 is 1.69 bits per heavy atom. The Balaban J connectivity index is 2.41. The van der Waals surface area contributed by atoms with Gasteiger partial charge in [-0.2, -0.15) is 0 Å². The van der Waals surface area contributed by atoms with Crippen LogP contribution in [0.4, 0.5) is 0 Å². The zero-order chi connectivity index (χ0) is 19.3. The molecule has 0 unspecified atom stereocenters. The summed E-state index contributed by atoms with van der Waals surface area (Å²) >= 11 is 0. The van der Waals surface area contributed by atoms with E-state index in [4.69, 9.17) is 14.2 Å². The Morgan fingerprint density at radius 3 is 2.35 bits per heavy atom. The van der Waals surface area contributed by atoms with Crippen molar-refractivity contribution in [1.82, 2.24) is 0 Å². The Hall–Kier alpha value is -1.13. The molecule has 0 spiro atoms. The van der Waals surface area contributed by atoms with Crippen molar-refractivity contribution in [2.45, 2.75) is 96.9 Å². The normalized spacial score (nSPS) is 22.5. The van der Waals surface area contributed by atoms with Crippen LogP contribution in [0.25, 0.3) is 0 Å². The first-order valence-electron chi connectivity index (χ1n) is 10.3. The first-order chi connectivity index (χ1) is 12.4. The van der Waals surface area contributed by atoms with Crippen molar-refractivity contribution in [2.24, 2.45) is 0 Å². The van der Waals surface area contributed by atoms with E-state index in [1.807, 2.05) is 19.9 Å². The smallest absolute Gasteiger partial charge is 0.330 e. The molecule has 0 radical (unpaired) electrons. The van der Waals surface area contributed by atoms with E-state index in [1.54, 1.807) is 6.92 Å². The average Bonchev–Trinajstić information content (AvgIpc) is 2.89. The molecular formula is C22H38O4. The van der Waals surface area contributed by atoms with Crippen LogP contribution in [0.2, 0.25) is 0 Å². The number of esters is 1. The molecule has 1 fully saturated rings. The lowest BCUT2D eigenvalue weighted by Gasteiger charge is -2.27. The quantitative estimate of drug-likeness (QED) is 0.181. The van der Waals surface area contributed by atoms with E-state index in [-0.39, 0.29) is 5.97 Å². The van der Waals surface area contributed by atoms with E-state index in [0.717, 1.165) is 12.8 Å². The monoisotopic (exact) mass is 366 g/mol. The van der Waals surface area contributed by atoms with Crippen molar-refractivity contribution < 1.29 is 19.0 Å². The van der Waals surface area contributed by atoms with Gasteiger partial charge in [-0.15, -0.1) is 0 Å². The fourth-order valence-electron chi connectivity index (χ4n) is 3.19. The maximum absolute atomic E-state index is 11.5. The van der Waals surface area contributed by atoms with Gasteiger partial charge < -0.3 is 14.2 Å². The Labute approximate surface area is 160 Å². The van der Waals surface area contributed by atoms with Gasteiger partial charge in [-0.05, 0) is 46.5 Å². The number of unbranched alkanes of at least 4 members (excludes halogenated alkanes) is 6. The second-order valence-corrected chi connectivity index (χ2v) is 7.56. The number of hydrogen-bond donors (Lipinski definition) is 0. The number of carbonyl (C=O) groups is 1. The first-order valence-corrected chi connectivity index (χ1v) is 10.3. The van der Waals surface area contributed by atoms with Gasteiger partial charge in [-0.25, -0.2) is 4.79 Å². The fourth-order valence-corrected chi connectivity index (χ4v) is 3.19. The van der Waals surface area contributed by atoms with Crippen LogP contribution in [0.3, 0.4) is 0 Å². The van der Waals surface area contributed by atoms with Crippen LogP contribution in [0.1, 0.15) is 85.5 Å². The molecule has 26 heavy (non-hydrogen) atoms. The summed E-state index contributed by atoms with van der Waals surface area (Å²) in [7, 11) is 0. The zero-order valence-corrected chi connectivity index (χ0v) is 17.2. The van der Waals surface area contributed by atoms with Crippen LogP contribution in [0.15, 0.2) is 24.3 Å². The van der Waals surface area contributed by atoms with E-state index in [0.29, 0.717) is 19.6 Å². The Bertz CT molecular complexity index is 453. The molecule has 4 heteroatoms. The lowest BCUT2D eigenvalue weighted by molar-refractivity contribution is -0.159. The summed E-state index contributed by atoms with van der Waals surface area (Å²) in [6, 6.07) is 0. The fraction of sp³-hybridized carbons (Fsp3) is 0.773. The lowest BCUT2D eigenvalue weighted by Crippen LogP contribution is -2.33. The highest BCUT2D eigenvalue weighted by Gasteiger charge is 2.43. The van der Waals surface area contributed by atoms with Crippen LogP contribution in [0, 0.1) is 0 Å². The SMILES string of the molecule is CCCCCCCC/C=C\C[C@@]1(C/C=C/C(=O)OCC)COC(C)(C)O1. The Morgan fingerprint density at radius 1 is 1.00 bits per heavy atom. The van der Waals surface area contributed by atoms with Crippen LogP contribution >= 0.6 is 0 Å². The van der Waals surface area contributed by atoms with Gasteiger partial charge in [0.05, 0.1) is 13.2 Å². The minimum atomic E-state index is -0.578. The second kappa shape index (κ2) is 12.3. The molecule has 4 nitrogen and oxygen atoms in total. The third kappa shape index (κ3) is 9.54. The van der Waals surface area contributed by atoms with Gasteiger partial charge in [0.15, 0.2) is 5.79 Å². The third-order valence-corrected chi connectivity index (χ3v) is 4.56. The van der Waals surface area contributed by atoms with Gasteiger partial charge in [0, 0.05) is 6.08 Å².